The quantitative estimate of drug-likeness (QED) is 0.806. The zero-order valence-corrected chi connectivity index (χ0v) is 12.5. The van der Waals surface area contributed by atoms with Crippen molar-refractivity contribution < 1.29 is 19.5 Å². The Morgan fingerprint density at radius 2 is 2.19 bits per heavy atom. The van der Waals surface area contributed by atoms with Crippen LogP contribution in [0.25, 0.3) is 0 Å². The first-order chi connectivity index (χ1) is 9.90. The van der Waals surface area contributed by atoms with E-state index >= 15 is 0 Å². The molecule has 1 aliphatic heterocycles. The van der Waals surface area contributed by atoms with Gasteiger partial charge in [-0.25, -0.2) is 14.6 Å². The summed E-state index contributed by atoms with van der Waals surface area (Å²) < 4.78 is 0. The van der Waals surface area contributed by atoms with Crippen LogP contribution in [-0.4, -0.2) is 51.7 Å². The van der Waals surface area contributed by atoms with Crippen molar-refractivity contribution in [3.63, 3.8) is 0 Å². The zero-order chi connectivity index (χ0) is 15.6. The Morgan fingerprint density at radius 1 is 1.48 bits per heavy atom. The maximum absolute atomic E-state index is 11.9. The monoisotopic (exact) mass is 309 g/mol. The molecule has 0 saturated carbocycles. The predicted octanol–water partition coefficient (Wildman–Crippen LogP) is 1.04. The van der Waals surface area contributed by atoms with Crippen molar-refractivity contribution in [1.82, 2.24) is 15.2 Å². The van der Waals surface area contributed by atoms with Gasteiger partial charge < -0.3 is 10.4 Å². The fraction of sp³-hybridized carbons (Fsp3) is 0.385. The lowest BCUT2D eigenvalue weighted by molar-refractivity contribution is -0.124. The lowest BCUT2D eigenvalue weighted by Gasteiger charge is -2.13. The van der Waals surface area contributed by atoms with Crippen molar-refractivity contribution in [2.75, 3.05) is 18.8 Å². The minimum absolute atomic E-state index is 0.0242. The molecule has 0 aromatic carbocycles. The van der Waals surface area contributed by atoms with Crippen molar-refractivity contribution in [2.45, 2.75) is 18.9 Å². The third-order valence-electron chi connectivity index (χ3n) is 3.02. The van der Waals surface area contributed by atoms with Crippen molar-refractivity contribution in [2.24, 2.45) is 0 Å². The van der Waals surface area contributed by atoms with E-state index in [2.05, 4.69) is 10.3 Å². The number of carbonyl (C=O) groups is 3. The molecule has 0 radical (unpaired) electrons. The second kappa shape index (κ2) is 6.13. The first-order valence-electron chi connectivity index (χ1n) is 6.32. The highest BCUT2D eigenvalue weighted by Gasteiger charge is 2.26. The number of nitrogens with one attached hydrogen (secondary N) is 1. The Bertz CT molecular complexity index is 618. The molecule has 21 heavy (non-hydrogen) atoms. The van der Waals surface area contributed by atoms with E-state index in [9.17, 15) is 19.5 Å². The number of hydrogen-bond acceptors (Lipinski definition) is 5. The SMILES string of the molecule is Cc1cc(C)c(C(=O)O)c(SCC(=O)N2CCNC2=O)n1. The molecule has 7 nitrogen and oxygen atoms in total. The van der Waals surface area contributed by atoms with Crippen LogP contribution >= 0.6 is 11.8 Å². The molecule has 1 aromatic rings. The van der Waals surface area contributed by atoms with Crippen LogP contribution in [0.15, 0.2) is 11.1 Å². The number of aromatic nitrogens is 1. The van der Waals surface area contributed by atoms with E-state index in [-0.39, 0.29) is 17.2 Å². The molecular formula is C13H15N3O4S. The van der Waals surface area contributed by atoms with Crippen LogP contribution in [0, 0.1) is 13.8 Å². The van der Waals surface area contributed by atoms with Gasteiger partial charge in [0.25, 0.3) is 0 Å². The Kier molecular flexibility index (Phi) is 4.46. The number of carboxylic acids is 1. The van der Waals surface area contributed by atoms with Gasteiger partial charge in [0.05, 0.1) is 11.3 Å². The molecule has 1 saturated heterocycles. The molecular weight excluding hydrogens is 294 g/mol. The van der Waals surface area contributed by atoms with Crippen molar-refractivity contribution in [3.05, 3.63) is 22.9 Å². The van der Waals surface area contributed by atoms with Crippen LogP contribution in [0.2, 0.25) is 0 Å². The molecule has 0 aliphatic carbocycles. The largest absolute Gasteiger partial charge is 0.478 e. The van der Waals surface area contributed by atoms with Crippen LogP contribution in [0.1, 0.15) is 21.6 Å². The summed E-state index contributed by atoms with van der Waals surface area (Å²) in [6, 6.07) is 1.27. The molecule has 112 valence electrons. The average molecular weight is 309 g/mol. The molecule has 0 unspecified atom stereocenters. The first kappa shape index (κ1) is 15.3. The topological polar surface area (TPSA) is 99.6 Å². The Balaban J connectivity index is 2.14. The second-order valence-electron chi connectivity index (χ2n) is 4.63. The van der Waals surface area contributed by atoms with E-state index < -0.39 is 12.0 Å². The highest BCUT2D eigenvalue weighted by molar-refractivity contribution is 8.00. The Morgan fingerprint density at radius 3 is 2.76 bits per heavy atom. The fourth-order valence-corrected chi connectivity index (χ4v) is 3.10. The smallest absolute Gasteiger partial charge is 0.338 e. The summed E-state index contributed by atoms with van der Waals surface area (Å²) in [6.07, 6.45) is 0. The highest BCUT2D eigenvalue weighted by atomic mass is 32.2. The molecule has 3 amide bonds. The molecule has 1 aliphatic rings. The van der Waals surface area contributed by atoms with Gasteiger partial charge in [0, 0.05) is 18.8 Å². The Hall–Kier alpha value is -2.09. The average Bonchev–Trinajstić information content (AvgIpc) is 2.81. The molecule has 0 atom stereocenters. The van der Waals surface area contributed by atoms with Gasteiger partial charge in [0.1, 0.15) is 5.03 Å². The first-order valence-corrected chi connectivity index (χ1v) is 7.31. The van der Waals surface area contributed by atoms with Gasteiger partial charge in [0.2, 0.25) is 5.91 Å². The van der Waals surface area contributed by atoms with Gasteiger partial charge >= 0.3 is 12.0 Å². The van der Waals surface area contributed by atoms with Gasteiger partial charge in [-0.15, -0.1) is 0 Å². The summed E-state index contributed by atoms with van der Waals surface area (Å²) in [4.78, 5) is 39.9. The predicted molar refractivity (Wildman–Crippen MR) is 76.5 cm³/mol. The number of nitrogens with zero attached hydrogens (tertiary/aromatic N) is 2. The fourth-order valence-electron chi connectivity index (χ4n) is 2.08. The van der Waals surface area contributed by atoms with Gasteiger partial charge in [-0.3, -0.25) is 9.69 Å². The summed E-state index contributed by atoms with van der Waals surface area (Å²) in [7, 11) is 0. The molecule has 2 heterocycles. The van der Waals surface area contributed by atoms with E-state index in [0.29, 0.717) is 29.4 Å². The minimum atomic E-state index is -1.08. The van der Waals surface area contributed by atoms with Crippen LogP contribution in [0.4, 0.5) is 4.79 Å². The minimum Gasteiger partial charge on any atom is -0.478 e. The number of aromatic carboxylic acids is 1. The van der Waals surface area contributed by atoms with E-state index in [4.69, 9.17) is 0 Å². The van der Waals surface area contributed by atoms with Crippen molar-refractivity contribution in [1.29, 1.82) is 0 Å². The van der Waals surface area contributed by atoms with E-state index in [1.54, 1.807) is 19.9 Å². The number of carbonyl (C=O) groups excluding carboxylic acids is 2. The Labute approximate surface area is 125 Å². The third kappa shape index (κ3) is 3.33. The molecule has 1 aromatic heterocycles. The number of carboxylic acid groups (broad SMARTS) is 1. The van der Waals surface area contributed by atoms with Gasteiger partial charge in [-0.05, 0) is 25.5 Å². The van der Waals surface area contributed by atoms with Gasteiger partial charge in [0.15, 0.2) is 0 Å². The van der Waals surface area contributed by atoms with Crippen LogP contribution in [0.5, 0.6) is 0 Å². The van der Waals surface area contributed by atoms with Gasteiger partial charge in [-0.1, -0.05) is 11.8 Å². The molecule has 0 spiro atoms. The number of hydrogen-bond donors (Lipinski definition) is 2. The zero-order valence-electron chi connectivity index (χ0n) is 11.7. The summed E-state index contributed by atoms with van der Waals surface area (Å²) in [5, 5.41) is 12.1. The summed E-state index contributed by atoms with van der Waals surface area (Å²) >= 11 is 1.04. The van der Waals surface area contributed by atoms with Crippen molar-refractivity contribution >= 4 is 29.7 Å². The van der Waals surface area contributed by atoms with E-state index in [1.165, 1.54) is 0 Å². The van der Waals surface area contributed by atoms with Crippen LogP contribution < -0.4 is 5.32 Å². The summed E-state index contributed by atoms with van der Waals surface area (Å²) in [6.45, 7) is 4.23. The summed E-state index contributed by atoms with van der Waals surface area (Å²) in [5.41, 5.74) is 1.39. The van der Waals surface area contributed by atoms with E-state index in [1.807, 2.05) is 0 Å². The molecule has 8 heteroatoms. The van der Waals surface area contributed by atoms with E-state index in [0.717, 1.165) is 16.7 Å². The number of aryl methyl sites for hydroxylation is 2. The molecule has 0 bridgehead atoms. The molecule has 2 rings (SSSR count). The van der Waals surface area contributed by atoms with Crippen LogP contribution in [0.3, 0.4) is 0 Å². The lowest BCUT2D eigenvalue weighted by Crippen LogP contribution is -2.35. The second-order valence-corrected chi connectivity index (χ2v) is 5.60. The number of pyridine rings is 1. The number of rotatable bonds is 4. The number of imide groups is 1. The standard InChI is InChI=1S/C13H15N3O4S/c1-7-5-8(2)15-11(10(7)12(18)19)21-6-9(17)16-4-3-14-13(16)20/h5H,3-4,6H2,1-2H3,(H,14,20)(H,18,19). The highest BCUT2D eigenvalue weighted by Crippen LogP contribution is 2.24. The van der Waals surface area contributed by atoms with Crippen molar-refractivity contribution in [3.8, 4) is 0 Å². The number of amides is 3. The number of urea groups is 1. The number of thioether (sulfide) groups is 1. The lowest BCUT2D eigenvalue weighted by atomic mass is 10.1. The maximum Gasteiger partial charge on any atom is 0.338 e. The maximum atomic E-state index is 11.9. The normalized spacial score (nSPS) is 14.2. The molecule has 1 fully saturated rings. The third-order valence-corrected chi connectivity index (χ3v) is 3.98. The van der Waals surface area contributed by atoms with Gasteiger partial charge in [-0.2, -0.15) is 0 Å². The van der Waals surface area contributed by atoms with Crippen LogP contribution in [-0.2, 0) is 4.79 Å². The molecule has 2 N–H and O–H groups in total. The summed E-state index contributed by atoms with van der Waals surface area (Å²) in [5.74, 6) is -1.45.